The number of hydrogen-bond donors (Lipinski definition) is 0. The third-order valence-corrected chi connectivity index (χ3v) is 6.83. The Bertz CT molecular complexity index is 344. The van der Waals surface area contributed by atoms with Gasteiger partial charge in [-0.2, -0.15) is 0 Å². The van der Waals surface area contributed by atoms with Crippen molar-refractivity contribution in [3.8, 4) is 0 Å². The van der Waals surface area contributed by atoms with Crippen LogP contribution in [0.15, 0.2) is 12.2 Å². The number of nitrogens with zero attached hydrogens (tertiary/aromatic N) is 1. The number of allylic oxidation sites excluding steroid dienone is 2. The first-order valence-electron chi connectivity index (χ1n) is 7.16. The highest BCUT2D eigenvalue weighted by Crippen LogP contribution is 2.74. The second kappa shape index (κ2) is 2.58. The summed E-state index contributed by atoms with van der Waals surface area (Å²) in [7, 11) is 2.51. The lowest BCUT2D eigenvalue weighted by molar-refractivity contribution is -0.902. The molecule has 4 unspecified atom stereocenters. The normalized spacial score (nSPS) is 61.6. The van der Waals surface area contributed by atoms with Crippen LogP contribution in [0.3, 0.4) is 0 Å². The largest absolute Gasteiger partial charge is 0.325 e. The van der Waals surface area contributed by atoms with E-state index in [1.165, 1.54) is 49.8 Å². The molecule has 1 aliphatic heterocycles. The summed E-state index contributed by atoms with van der Waals surface area (Å²) < 4.78 is 1.36. The van der Waals surface area contributed by atoms with Gasteiger partial charge < -0.3 is 4.48 Å². The molecule has 4 rings (SSSR count). The maximum Gasteiger partial charge on any atom is 0.0855 e. The second-order valence-electron chi connectivity index (χ2n) is 7.25. The molecular weight excluding hydrogens is 194 g/mol. The Labute approximate surface area is 99.1 Å². The molecule has 1 saturated heterocycles. The van der Waals surface area contributed by atoms with Crippen molar-refractivity contribution in [2.24, 2.45) is 22.7 Å². The van der Waals surface area contributed by atoms with Crippen LogP contribution in [0.1, 0.15) is 32.6 Å². The van der Waals surface area contributed by atoms with Crippen molar-refractivity contribution in [2.45, 2.75) is 32.6 Å². The monoisotopic (exact) mass is 218 g/mol. The highest BCUT2D eigenvalue weighted by Gasteiger charge is 2.74. The molecule has 0 amide bonds. The molecule has 3 fully saturated rings. The van der Waals surface area contributed by atoms with Crippen molar-refractivity contribution in [3.63, 3.8) is 0 Å². The maximum atomic E-state index is 2.58. The molecule has 4 atom stereocenters. The van der Waals surface area contributed by atoms with E-state index in [9.17, 15) is 0 Å². The van der Waals surface area contributed by atoms with Gasteiger partial charge in [0.05, 0.1) is 26.7 Å². The minimum Gasteiger partial charge on any atom is -0.325 e. The first-order valence-corrected chi connectivity index (χ1v) is 7.16. The lowest BCUT2D eigenvalue weighted by Crippen LogP contribution is -2.45. The first-order chi connectivity index (χ1) is 7.64. The molecule has 1 heteroatoms. The molecular formula is C15H24N+. The Morgan fingerprint density at radius 2 is 1.69 bits per heavy atom. The highest BCUT2D eigenvalue weighted by molar-refractivity contribution is 5.28. The molecule has 16 heavy (non-hydrogen) atoms. The van der Waals surface area contributed by atoms with Gasteiger partial charge in [-0.1, -0.05) is 18.6 Å². The molecule has 2 bridgehead atoms. The predicted molar refractivity (Wildman–Crippen MR) is 65.9 cm³/mol. The summed E-state index contributed by atoms with van der Waals surface area (Å²) in [5.41, 5.74) is 1.47. The summed E-state index contributed by atoms with van der Waals surface area (Å²) in [6.07, 6.45) is 11.2. The minimum absolute atomic E-state index is 0.733. The van der Waals surface area contributed by atoms with Gasteiger partial charge in [0, 0.05) is 10.8 Å². The van der Waals surface area contributed by atoms with Crippen LogP contribution in [-0.4, -0.2) is 31.2 Å². The van der Waals surface area contributed by atoms with Crippen molar-refractivity contribution in [1.82, 2.24) is 0 Å². The van der Waals surface area contributed by atoms with E-state index in [4.69, 9.17) is 0 Å². The zero-order chi connectivity index (χ0) is 11.0. The van der Waals surface area contributed by atoms with Crippen molar-refractivity contribution in [2.75, 3.05) is 26.7 Å². The SMILES string of the molecule is CC[N+]1(C)CC23CCCC2(C1)C1C=CC3C1. The van der Waals surface area contributed by atoms with Crippen molar-refractivity contribution < 1.29 is 4.48 Å². The summed E-state index contributed by atoms with van der Waals surface area (Å²) in [6, 6.07) is 0. The van der Waals surface area contributed by atoms with E-state index < -0.39 is 0 Å². The van der Waals surface area contributed by atoms with Gasteiger partial charge in [-0.05, 0) is 38.0 Å². The lowest BCUT2D eigenvalue weighted by Gasteiger charge is -2.37. The number of rotatable bonds is 1. The zero-order valence-electron chi connectivity index (χ0n) is 10.7. The molecule has 4 aliphatic rings. The summed E-state index contributed by atoms with van der Waals surface area (Å²) >= 11 is 0. The van der Waals surface area contributed by atoms with E-state index in [1.807, 2.05) is 0 Å². The maximum absolute atomic E-state index is 2.58. The molecule has 0 aromatic rings. The van der Waals surface area contributed by atoms with Crippen LogP contribution in [0.2, 0.25) is 0 Å². The number of hydrogen-bond acceptors (Lipinski definition) is 0. The topological polar surface area (TPSA) is 0 Å². The number of likely N-dealkylation sites (tertiary alicyclic amines) is 1. The van der Waals surface area contributed by atoms with Gasteiger partial charge in [0.1, 0.15) is 0 Å². The van der Waals surface area contributed by atoms with Crippen LogP contribution >= 0.6 is 0 Å². The van der Waals surface area contributed by atoms with E-state index >= 15 is 0 Å². The average molecular weight is 218 g/mol. The molecule has 0 spiro atoms. The summed E-state index contributed by atoms with van der Waals surface area (Å²) in [4.78, 5) is 0. The fourth-order valence-electron chi connectivity index (χ4n) is 6.19. The first kappa shape index (κ1) is 9.70. The molecule has 2 saturated carbocycles. The fourth-order valence-corrected chi connectivity index (χ4v) is 6.19. The Morgan fingerprint density at radius 3 is 2.19 bits per heavy atom. The molecule has 0 aromatic heterocycles. The summed E-state index contributed by atoms with van der Waals surface area (Å²) in [6.45, 7) is 6.69. The average Bonchev–Trinajstić information content (AvgIpc) is 2.88. The lowest BCUT2D eigenvalue weighted by atomic mass is 9.62. The minimum atomic E-state index is 0.733. The molecule has 3 aliphatic carbocycles. The Balaban J connectivity index is 1.85. The van der Waals surface area contributed by atoms with Crippen molar-refractivity contribution >= 4 is 0 Å². The van der Waals surface area contributed by atoms with Gasteiger partial charge in [-0.25, -0.2) is 0 Å². The Kier molecular flexibility index (Phi) is 1.56. The van der Waals surface area contributed by atoms with Crippen LogP contribution < -0.4 is 0 Å². The van der Waals surface area contributed by atoms with Gasteiger partial charge in [-0.3, -0.25) is 0 Å². The number of fused-ring (bicyclic) bond motifs is 2. The molecule has 0 radical (unpaired) electrons. The molecule has 1 nitrogen and oxygen atoms in total. The van der Waals surface area contributed by atoms with Gasteiger partial charge in [-0.15, -0.1) is 0 Å². The summed E-state index contributed by atoms with van der Waals surface area (Å²) in [5, 5.41) is 0. The standard InChI is InChI=1S/C15H24N/c1-3-16(2)10-14-7-4-8-15(14,11-16)13-6-5-12(14)9-13/h5-6,12-13H,3-4,7-11H2,1-2H3/q+1. The van der Waals surface area contributed by atoms with E-state index in [2.05, 4.69) is 26.1 Å². The third kappa shape index (κ3) is 0.796. The second-order valence-corrected chi connectivity index (χ2v) is 7.25. The fraction of sp³-hybridized carbons (Fsp3) is 0.867. The molecule has 1 heterocycles. The summed E-state index contributed by atoms with van der Waals surface area (Å²) in [5.74, 6) is 1.90. The van der Waals surface area contributed by atoms with E-state index in [-0.39, 0.29) is 0 Å². The quantitative estimate of drug-likeness (QED) is 0.469. The van der Waals surface area contributed by atoms with Crippen LogP contribution in [0.4, 0.5) is 0 Å². The van der Waals surface area contributed by atoms with E-state index in [1.54, 1.807) is 0 Å². The zero-order valence-corrected chi connectivity index (χ0v) is 10.7. The molecule has 0 N–H and O–H groups in total. The molecule has 88 valence electrons. The predicted octanol–water partition coefficient (Wildman–Crippen LogP) is 2.83. The van der Waals surface area contributed by atoms with Crippen LogP contribution in [-0.2, 0) is 0 Å². The van der Waals surface area contributed by atoms with Gasteiger partial charge in [0.15, 0.2) is 0 Å². The smallest absolute Gasteiger partial charge is 0.0855 e. The van der Waals surface area contributed by atoms with Crippen molar-refractivity contribution in [1.29, 1.82) is 0 Å². The highest BCUT2D eigenvalue weighted by atomic mass is 15.4. The van der Waals surface area contributed by atoms with Crippen LogP contribution in [0.25, 0.3) is 0 Å². The van der Waals surface area contributed by atoms with Crippen molar-refractivity contribution in [3.05, 3.63) is 12.2 Å². The number of quaternary nitrogens is 1. The van der Waals surface area contributed by atoms with E-state index in [0.717, 1.165) is 22.7 Å². The third-order valence-electron chi connectivity index (χ3n) is 6.83. The Morgan fingerprint density at radius 1 is 1.12 bits per heavy atom. The van der Waals surface area contributed by atoms with Crippen LogP contribution in [0.5, 0.6) is 0 Å². The van der Waals surface area contributed by atoms with E-state index in [0.29, 0.717) is 0 Å². The van der Waals surface area contributed by atoms with Gasteiger partial charge in [0.25, 0.3) is 0 Å². The van der Waals surface area contributed by atoms with Gasteiger partial charge >= 0.3 is 0 Å². The van der Waals surface area contributed by atoms with Crippen LogP contribution in [0, 0.1) is 22.7 Å². The Hall–Kier alpha value is -0.300. The van der Waals surface area contributed by atoms with Gasteiger partial charge in [0.2, 0.25) is 0 Å². The molecule has 0 aromatic carbocycles.